The molecular weight excluding hydrogens is 172 g/mol. The summed E-state index contributed by atoms with van der Waals surface area (Å²) in [6, 6.07) is 2.11. The molecule has 0 aromatic carbocycles. The van der Waals surface area contributed by atoms with E-state index in [9.17, 15) is 0 Å². The molecule has 0 amide bonds. The van der Waals surface area contributed by atoms with E-state index < -0.39 is 0 Å². The molecular formula is C9H13ClN2. The number of hydrogen-bond donors (Lipinski definition) is 0. The van der Waals surface area contributed by atoms with Gasteiger partial charge in [-0.05, 0) is 25.3 Å². The van der Waals surface area contributed by atoms with E-state index in [1.54, 1.807) is 0 Å². The van der Waals surface area contributed by atoms with Crippen LogP contribution in [-0.4, -0.2) is 15.7 Å². The first kappa shape index (κ1) is 8.11. The van der Waals surface area contributed by atoms with Gasteiger partial charge < -0.3 is 0 Å². The maximum Gasteiger partial charge on any atom is 0.0492 e. The zero-order chi connectivity index (χ0) is 8.55. The first-order valence-electron chi connectivity index (χ1n) is 4.44. The summed E-state index contributed by atoms with van der Waals surface area (Å²) in [5, 5.41) is 4.24. The van der Waals surface area contributed by atoms with Gasteiger partial charge in [0.2, 0.25) is 0 Å². The van der Waals surface area contributed by atoms with E-state index in [0.29, 0.717) is 11.8 Å². The molecule has 1 heterocycles. The Kier molecular flexibility index (Phi) is 2.09. The van der Waals surface area contributed by atoms with Crippen molar-refractivity contribution in [2.75, 3.05) is 5.88 Å². The summed E-state index contributed by atoms with van der Waals surface area (Å²) in [7, 11) is 0. The Morgan fingerprint density at radius 3 is 3.17 bits per heavy atom. The smallest absolute Gasteiger partial charge is 0.0492 e. The minimum absolute atomic E-state index is 0.685. The van der Waals surface area contributed by atoms with Gasteiger partial charge in [0, 0.05) is 30.2 Å². The molecule has 0 saturated heterocycles. The predicted molar refractivity (Wildman–Crippen MR) is 49.5 cm³/mol. The van der Waals surface area contributed by atoms with E-state index in [1.807, 2.05) is 6.20 Å². The highest BCUT2D eigenvalue weighted by Crippen LogP contribution is 2.47. The standard InChI is InChI=1S/C9H13ClN2/c1-2-12-9(3-4-11-12)8-5-7(8)6-10/h3-4,7-8H,2,5-6H2,1H3. The third-order valence-electron chi connectivity index (χ3n) is 2.55. The highest BCUT2D eigenvalue weighted by Gasteiger charge is 2.39. The zero-order valence-electron chi connectivity index (χ0n) is 7.20. The Bertz CT molecular complexity index is 269. The molecule has 0 aliphatic heterocycles. The van der Waals surface area contributed by atoms with E-state index in [-0.39, 0.29) is 0 Å². The summed E-state index contributed by atoms with van der Waals surface area (Å²) in [4.78, 5) is 0. The molecule has 1 aliphatic rings. The van der Waals surface area contributed by atoms with Gasteiger partial charge in [-0.3, -0.25) is 4.68 Å². The predicted octanol–water partition coefficient (Wildman–Crippen LogP) is 2.25. The van der Waals surface area contributed by atoms with Crippen LogP contribution in [0.4, 0.5) is 0 Å². The average molecular weight is 185 g/mol. The molecule has 1 aromatic rings. The number of aromatic nitrogens is 2. The minimum atomic E-state index is 0.685. The van der Waals surface area contributed by atoms with Crippen molar-refractivity contribution >= 4 is 11.6 Å². The fourth-order valence-electron chi connectivity index (χ4n) is 1.70. The molecule has 1 fully saturated rings. The van der Waals surface area contributed by atoms with Gasteiger partial charge in [-0.25, -0.2) is 0 Å². The number of hydrogen-bond acceptors (Lipinski definition) is 1. The van der Waals surface area contributed by atoms with Gasteiger partial charge in [0.15, 0.2) is 0 Å². The summed E-state index contributed by atoms with van der Waals surface area (Å²) >= 11 is 5.78. The summed E-state index contributed by atoms with van der Waals surface area (Å²) in [5.41, 5.74) is 1.36. The van der Waals surface area contributed by atoms with Crippen molar-refractivity contribution in [2.45, 2.75) is 25.8 Å². The molecule has 2 unspecified atom stereocenters. The molecule has 0 radical (unpaired) electrons. The lowest BCUT2D eigenvalue weighted by molar-refractivity contribution is 0.617. The molecule has 12 heavy (non-hydrogen) atoms. The lowest BCUT2D eigenvalue weighted by Crippen LogP contribution is -2.01. The fourth-order valence-corrected chi connectivity index (χ4v) is 2.04. The number of alkyl halides is 1. The van der Waals surface area contributed by atoms with Crippen molar-refractivity contribution in [1.82, 2.24) is 9.78 Å². The van der Waals surface area contributed by atoms with E-state index in [4.69, 9.17) is 11.6 Å². The maximum absolute atomic E-state index is 5.78. The molecule has 2 nitrogen and oxygen atoms in total. The van der Waals surface area contributed by atoms with Crippen LogP contribution in [0.3, 0.4) is 0 Å². The Morgan fingerprint density at radius 1 is 1.75 bits per heavy atom. The Balaban J connectivity index is 2.13. The van der Waals surface area contributed by atoms with Gasteiger partial charge in [0.05, 0.1) is 0 Å². The SMILES string of the molecule is CCn1nccc1C1CC1CCl. The monoisotopic (exact) mass is 184 g/mol. The van der Waals surface area contributed by atoms with Crippen molar-refractivity contribution in [1.29, 1.82) is 0 Å². The third-order valence-corrected chi connectivity index (χ3v) is 2.95. The summed E-state index contributed by atoms with van der Waals surface area (Å²) in [6.07, 6.45) is 3.12. The maximum atomic E-state index is 5.78. The van der Waals surface area contributed by atoms with E-state index in [0.717, 1.165) is 12.4 Å². The summed E-state index contributed by atoms with van der Waals surface area (Å²) in [6.45, 7) is 3.09. The van der Waals surface area contributed by atoms with E-state index in [2.05, 4.69) is 22.8 Å². The largest absolute Gasteiger partial charge is 0.270 e. The van der Waals surface area contributed by atoms with Gasteiger partial charge in [-0.2, -0.15) is 5.10 Å². The van der Waals surface area contributed by atoms with Crippen LogP contribution in [-0.2, 0) is 6.54 Å². The lowest BCUT2D eigenvalue weighted by Gasteiger charge is -2.02. The van der Waals surface area contributed by atoms with Gasteiger partial charge in [-0.1, -0.05) is 0 Å². The van der Waals surface area contributed by atoms with Gasteiger partial charge in [0.25, 0.3) is 0 Å². The Hall–Kier alpha value is -0.500. The summed E-state index contributed by atoms with van der Waals surface area (Å²) in [5.74, 6) is 2.18. The third kappa shape index (κ3) is 1.24. The molecule has 0 spiro atoms. The Morgan fingerprint density at radius 2 is 2.58 bits per heavy atom. The average Bonchev–Trinajstić information content (AvgIpc) is 2.74. The lowest BCUT2D eigenvalue weighted by atomic mass is 10.2. The fraction of sp³-hybridized carbons (Fsp3) is 0.667. The second-order valence-electron chi connectivity index (χ2n) is 3.33. The van der Waals surface area contributed by atoms with Crippen molar-refractivity contribution in [2.24, 2.45) is 5.92 Å². The van der Waals surface area contributed by atoms with Crippen molar-refractivity contribution in [3.8, 4) is 0 Å². The van der Waals surface area contributed by atoms with Gasteiger partial charge >= 0.3 is 0 Å². The van der Waals surface area contributed by atoms with Crippen LogP contribution < -0.4 is 0 Å². The molecule has 3 heteroatoms. The molecule has 2 rings (SSSR count). The van der Waals surface area contributed by atoms with E-state index in [1.165, 1.54) is 12.1 Å². The molecule has 2 atom stereocenters. The van der Waals surface area contributed by atoms with Crippen molar-refractivity contribution in [3.05, 3.63) is 18.0 Å². The number of nitrogens with zero attached hydrogens (tertiary/aromatic N) is 2. The van der Waals surface area contributed by atoms with Crippen LogP contribution in [0.2, 0.25) is 0 Å². The van der Waals surface area contributed by atoms with Crippen molar-refractivity contribution < 1.29 is 0 Å². The summed E-state index contributed by atoms with van der Waals surface area (Å²) < 4.78 is 2.07. The molecule has 1 aromatic heterocycles. The van der Waals surface area contributed by atoms with Crippen LogP contribution >= 0.6 is 11.6 Å². The number of halogens is 1. The van der Waals surface area contributed by atoms with Gasteiger partial charge in [-0.15, -0.1) is 11.6 Å². The molecule has 0 bridgehead atoms. The molecule has 66 valence electrons. The normalized spacial score (nSPS) is 27.5. The van der Waals surface area contributed by atoms with Crippen molar-refractivity contribution in [3.63, 3.8) is 0 Å². The van der Waals surface area contributed by atoms with Crippen LogP contribution in [0.1, 0.15) is 25.0 Å². The van der Waals surface area contributed by atoms with E-state index >= 15 is 0 Å². The Labute approximate surface area is 77.5 Å². The zero-order valence-corrected chi connectivity index (χ0v) is 7.96. The molecule has 0 N–H and O–H groups in total. The molecule has 1 saturated carbocycles. The highest BCUT2D eigenvalue weighted by atomic mass is 35.5. The van der Waals surface area contributed by atoms with Crippen LogP contribution in [0, 0.1) is 5.92 Å². The van der Waals surface area contributed by atoms with Gasteiger partial charge in [0.1, 0.15) is 0 Å². The number of aryl methyl sites for hydroxylation is 1. The van der Waals surface area contributed by atoms with Crippen LogP contribution in [0.15, 0.2) is 12.3 Å². The quantitative estimate of drug-likeness (QED) is 0.659. The van der Waals surface area contributed by atoms with Crippen LogP contribution in [0.25, 0.3) is 0 Å². The molecule has 1 aliphatic carbocycles. The first-order chi connectivity index (χ1) is 5.86. The second-order valence-corrected chi connectivity index (χ2v) is 3.64. The highest BCUT2D eigenvalue weighted by molar-refractivity contribution is 6.18. The first-order valence-corrected chi connectivity index (χ1v) is 4.98. The number of rotatable bonds is 3. The topological polar surface area (TPSA) is 17.8 Å². The van der Waals surface area contributed by atoms with Crippen LogP contribution in [0.5, 0.6) is 0 Å². The minimum Gasteiger partial charge on any atom is -0.270 e. The second kappa shape index (κ2) is 3.09.